The van der Waals surface area contributed by atoms with Crippen molar-refractivity contribution in [2.45, 2.75) is 6.92 Å². The summed E-state index contributed by atoms with van der Waals surface area (Å²) in [4.78, 5) is 19.5. The van der Waals surface area contributed by atoms with E-state index in [0.29, 0.717) is 5.69 Å². The Hall–Kier alpha value is -1.75. The molecular weight excluding hydrogens is 210 g/mol. The molecule has 5 heteroatoms. The summed E-state index contributed by atoms with van der Waals surface area (Å²) >= 11 is 1.40. The molecule has 15 heavy (non-hydrogen) atoms. The van der Waals surface area contributed by atoms with Gasteiger partial charge in [0.2, 0.25) is 0 Å². The predicted molar refractivity (Wildman–Crippen MR) is 59.0 cm³/mol. The van der Waals surface area contributed by atoms with Crippen LogP contribution < -0.4 is 5.32 Å². The van der Waals surface area contributed by atoms with Crippen molar-refractivity contribution in [3.05, 3.63) is 40.6 Å². The number of aromatic nitrogens is 2. The molecule has 0 radical (unpaired) electrons. The van der Waals surface area contributed by atoms with Gasteiger partial charge in [-0.15, -0.1) is 11.3 Å². The maximum absolute atomic E-state index is 11.6. The number of carbonyl (C=O) groups excluding carboxylic acids is 1. The van der Waals surface area contributed by atoms with E-state index >= 15 is 0 Å². The molecule has 2 rings (SSSR count). The Kier molecular flexibility index (Phi) is 2.73. The van der Waals surface area contributed by atoms with Crippen molar-refractivity contribution in [1.29, 1.82) is 0 Å². The van der Waals surface area contributed by atoms with Crippen LogP contribution in [0.2, 0.25) is 0 Å². The number of pyridine rings is 1. The van der Waals surface area contributed by atoms with Crippen molar-refractivity contribution in [3.8, 4) is 0 Å². The van der Waals surface area contributed by atoms with Crippen LogP contribution in [-0.4, -0.2) is 15.9 Å². The summed E-state index contributed by atoms with van der Waals surface area (Å²) in [6.07, 6.45) is 3.35. The molecule has 0 atom stereocenters. The van der Waals surface area contributed by atoms with E-state index in [-0.39, 0.29) is 5.91 Å². The Morgan fingerprint density at radius 2 is 2.40 bits per heavy atom. The number of nitrogens with zero attached hydrogens (tertiary/aromatic N) is 2. The normalized spacial score (nSPS) is 9.93. The molecule has 2 aromatic heterocycles. The van der Waals surface area contributed by atoms with Crippen LogP contribution in [0.3, 0.4) is 0 Å². The molecule has 2 aromatic rings. The van der Waals surface area contributed by atoms with Gasteiger partial charge in [-0.3, -0.25) is 9.78 Å². The van der Waals surface area contributed by atoms with Crippen LogP contribution in [0.15, 0.2) is 29.4 Å². The van der Waals surface area contributed by atoms with Gasteiger partial charge in [-0.1, -0.05) is 0 Å². The van der Waals surface area contributed by atoms with E-state index in [1.807, 2.05) is 6.92 Å². The van der Waals surface area contributed by atoms with Gasteiger partial charge in [-0.25, -0.2) is 4.98 Å². The van der Waals surface area contributed by atoms with Crippen LogP contribution in [0, 0.1) is 6.92 Å². The van der Waals surface area contributed by atoms with Crippen LogP contribution in [0.4, 0.5) is 5.69 Å². The molecule has 2 heterocycles. The summed E-state index contributed by atoms with van der Waals surface area (Å²) in [7, 11) is 0. The van der Waals surface area contributed by atoms with Crippen molar-refractivity contribution in [2.24, 2.45) is 0 Å². The SMILES string of the molecule is Cc1cnccc1NC(=O)c1cscn1. The minimum atomic E-state index is -0.189. The maximum atomic E-state index is 11.6. The van der Waals surface area contributed by atoms with Crippen LogP contribution in [0.5, 0.6) is 0 Å². The standard InChI is InChI=1S/C10H9N3OS/c1-7-4-11-3-2-8(7)13-10(14)9-5-15-6-12-9/h2-6H,1H3,(H,11,13,14). The van der Waals surface area contributed by atoms with Crippen molar-refractivity contribution < 1.29 is 4.79 Å². The highest BCUT2D eigenvalue weighted by Crippen LogP contribution is 2.13. The van der Waals surface area contributed by atoms with Crippen LogP contribution >= 0.6 is 11.3 Å². The van der Waals surface area contributed by atoms with Gasteiger partial charge in [0.15, 0.2) is 0 Å². The fourth-order valence-electron chi connectivity index (χ4n) is 1.12. The van der Waals surface area contributed by atoms with Gasteiger partial charge in [-0.05, 0) is 18.6 Å². The minimum Gasteiger partial charge on any atom is -0.320 e. The molecule has 0 spiro atoms. The van der Waals surface area contributed by atoms with E-state index in [9.17, 15) is 4.79 Å². The number of aryl methyl sites for hydroxylation is 1. The van der Waals surface area contributed by atoms with Crippen molar-refractivity contribution in [1.82, 2.24) is 9.97 Å². The van der Waals surface area contributed by atoms with Gasteiger partial charge in [-0.2, -0.15) is 0 Å². The number of amides is 1. The Morgan fingerprint density at radius 3 is 3.07 bits per heavy atom. The molecular formula is C10H9N3OS. The highest BCUT2D eigenvalue weighted by atomic mass is 32.1. The summed E-state index contributed by atoms with van der Waals surface area (Å²) < 4.78 is 0. The first kappa shape index (κ1) is 9.79. The number of carbonyl (C=O) groups is 1. The van der Waals surface area contributed by atoms with Crippen LogP contribution in [-0.2, 0) is 0 Å². The Bertz CT molecular complexity index is 467. The van der Waals surface area contributed by atoms with Crippen molar-refractivity contribution in [2.75, 3.05) is 5.32 Å². The summed E-state index contributed by atoms with van der Waals surface area (Å²) in [5.41, 5.74) is 3.77. The van der Waals surface area contributed by atoms with E-state index in [2.05, 4.69) is 15.3 Å². The predicted octanol–water partition coefficient (Wildman–Crippen LogP) is 2.10. The van der Waals surface area contributed by atoms with Gasteiger partial charge in [0.25, 0.3) is 5.91 Å². The number of anilines is 1. The topological polar surface area (TPSA) is 54.9 Å². The fourth-order valence-corrected chi connectivity index (χ4v) is 1.66. The van der Waals surface area contributed by atoms with Gasteiger partial charge in [0, 0.05) is 23.5 Å². The molecule has 4 nitrogen and oxygen atoms in total. The number of hydrogen-bond acceptors (Lipinski definition) is 4. The second-order valence-corrected chi connectivity index (χ2v) is 3.74. The van der Waals surface area contributed by atoms with Gasteiger partial charge >= 0.3 is 0 Å². The minimum absolute atomic E-state index is 0.189. The molecule has 0 aliphatic carbocycles. The first-order chi connectivity index (χ1) is 7.27. The lowest BCUT2D eigenvalue weighted by Gasteiger charge is -2.05. The Balaban J connectivity index is 2.17. The zero-order chi connectivity index (χ0) is 10.7. The highest BCUT2D eigenvalue weighted by Gasteiger charge is 2.08. The fraction of sp³-hybridized carbons (Fsp3) is 0.100. The number of thiazole rings is 1. The lowest BCUT2D eigenvalue weighted by Crippen LogP contribution is -2.12. The molecule has 0 saturated heterocycles. The lowest BCUT2D eigenvalue weighted by molar-refractivity contribution is 0.102. The Labute approximate surface area is 91.0 Å². The third-order valence-electron chi connectivity index (χ3n) is 1.93. The first-order valence-corrected chi connectivity index (χ1v) is 5.32. The second-order valence-electron chi connectivity index (χ2n) is 3.02. The van der Waals surface area contributed by atoms with E-state index in [0.717, 1.165) is 11.3 Å². The lowest BCUT2D eigenvalue weighted by atomic mass is 10.2. The molecule has 0 unspecified atom stereocenters. The number of hydrogen-bond donors (Lipinski definition) is 1. The summed E-state index contributed by atoms with van der Waals surface area (Å²) in [5.74, 6) is -0.189. The van der Waals surface area contributed by atoms with Crippen molar-refractivity contribution in [3.63, 3.8) is 0 Å². The van der Waals surface area contributed by atoms with Gasteiger partial charge < -0.3 is 5.32 Å². The average Bonchev–Trinajstić information content (AvgIpc) is 2.74. The third kappa shape index (κ3) is 2.19. The number of rotatable bonds is 2. The first-order valence-electron chi connectivity index (χ1n) is 4.37. The molecule has 76 valence electrons. The van der Waals surface area contributed by atoms with Crippen LogP contribution in [0.25, 0.3) is 0 Å². The molecule has 0 aliphatic rings. The molecule has 0 aliphatic heterocycles. The van der Waals surface area contributed by atoms with Gasteiger partial charge in [0.1, 0.15) is 5.69 Å². The molecule has 0 saturated carbocycles. The summed E-state index contributed by atoms with van der Waals surface area (Å²) in [6, 6.07) is 1.76. The average molecular weight is 219 g/mol. The van der Waals surface area contributed by atoms with E-state index < -0.39 is 0 Å². The zero-order valence-electron chi connectivity index (χ0n) is 8.10. The Morgan fingerprint density at radius 1 is 1.53 bits per heavy atom. The molecule has 1 N–H and O–H groups in total. The van der Waals surface area contributed by atoms with E-state index in [1.165, 1.54) is 11.3 Å². The quantitative estimate of drug-likeness (QED) is 0.841. The van der Waals surface area contributed by atoms with Gasteiger partial charge in [0.05, 0.1) is 5.51 Å². The monoisotopic (exact) mass is 219 g/mol. The zero-order valence-corrected chi connectivity index (χ0v) is 8.91. The molecule has 1 amide bonds. The molecule has 0 aromatic carbocycles. The summed E-state index contributed by atoms with van der Waals surface area (Å²) in [6.45, 7) is 1.89. The maximum Gasteiger partial charge on any atom is 0.275 e. The highest BCUT2D eigenvalue weighted by molar-refractivity contribution is 7.07. The summed E-state index contributed by atoms with van der Waals surface area (Å²) in [5, 5.41) is 4.49. The third-order valence-corrected chi connectivity index (χ3v) is 2.52. The molecule has 0 bridgehead atoms. The van der Waals surface area contributed by atoms with Crippen molar-refractivity contribution >= 4 is 22.9 Å². The molecule has 0 fully saturated rings. The van der Waals surface area contributed by atoms with E-state index in [1.54, 1.807) is 29.4 Å². The largest absolute Gasteiger partial charge is 0.320 e. The van der Waals surface area contributed by atoms with E-state index in [4.69, 9.17) is 0 Å². The van der Waals surface area contributed by atoms with Crippen LogP contribution in [0.1, 0.15) is 16.1 Å². The number of nitrogens with one attached hydrogen (secondary N) is 1. The smallest absolute Gasteiger partial charge is 0.275 e. The second kappa shape index (κ2) is 4.18.